The lowest BCUT2D eigenvalue weighted by Gasteiger charge is -2.01. The summed E-state index contributed by atoms with van der Waals surface area (Å²) in [7, 11) is 0. The van der Waals surface area contributed by atoms with Crippen molar-refractivity contribution in [1.29, 1.82) is 0 Å². The molecule has 0 bridgehead atoms. The first-order valence-electron chi connectivity index (χ1n) is 5.39. The van der Waals surface area contributed by atoms with Gasteiger partial charge < -0.3 is 5.73 Å². The van der Waals surface area contributed by atoms with E-state index in [1.54, 1.807) is 18.5 Å². The molecule has 0 aliphatic rings. The minimum absolute atomic E-state index is 0.752. The largest absolute Gasteiger partial charge is 0.398 e. The van der Waals surface area contributed by atoms with Crippen LogP contribution in [0.25, 0.3) is 11.0 Å². The molecule has 0 atom stereocenters. The molecule has 4 heteroatoms. The molecule has 2 aromatic rings. The van der Waals surface area contributed by atoms with Crippen molar-refractivity contribution in [3.8, 4) is 0 Å². The minimum Gasteiger partial charge on any atom is -0.398 e. The van der Waals surface area contributed by atoms with Crippen molar-refractivity contribution in [2.24, 2.45) is 0 Å². The molecule has 0 aliphatic carbocycles. The van der Waals surface area contributed by atoms with Gasteiger partial charge in [-0.05, 0) is 12.5 Å². The van der Waals surface area contributed by atoms with Gasteiger partial charge in [0.15, 0.2) is 5.65 Å². The molecule has 0 radical (unpaired) electrons. The molecule has 0 saturated carbocycles. The van der Waals surface area contributed by atoms with E-state index in [1.165, 1.54) is 12.8 Å². The molecule has 2 heterocycles. The molecule has 0 spiro atoms. The molecule has 80 valence electrons. The third-order valence-electron chi connectivity index (χ3n) is 2.55. The monoisotopic (exact) mass is 204 g/mol. The first-order valence-corrected chi connectivity index (χ1v) is 5.39. The normalized spacial score (nSPS) is 11.0. The maximum atomic E-state index is 5.83. The number of anilines is 1. The Kier molecular flexibility index (Phi) is 2.85. The van der Waals surface area contributed by atoms with E-state index in [9.17, 15) is 0 Å². The van der Waals surface area contributed by atoms with Crippen LogP contribution < -0.4 is 5.73 Å². The van der Waals surface area contributed by atoms with E-state index in [0.717, 1.165) is 29.7 Å². The summed E-state index contributed by atoms with van der Waals surface area (Å²) in [6, 6.07) is 1.81. The van der Waals surface area contributed by atoms with Crippen molar-refractivity contribution in [2.45, 2.75) is 32.7 Å². The number of nitrogens with zero attached hydrogens (tertiary/aromatic N) is 3. The average molecular weight is 204 g/mol. The first kappa shape index (κ1) is 9.96. The topological polar surface area (TPSA) is 56.7 Å². The fourth-order valence-corrected chi connectivity index (χ4v) is 1.67. The highest BCUT2D eigenvalue weighted by Crippen LogP contribution is 2.17. The maximum Gasteiger partial charge on any atom is 0.159 e. The molecule has 0 unspecified atom stereocenters. The van der Waals surface area contributed by atoms with Crippen LogP contribution in [0.1, 0.15) is 26.2 Å². The number of aryl methyl sites for hydroxylation is 1. The van der Waals surface area contributed by atoms with E-state index >= 15 is 0 Å². The Balaban J connectivity index is 2.25. The summed E-state index contributed by atoms with van der Waals surface area (Å²) in [5.41, 5.74) is 7.48. The zero-order chi connectivity index (χ0) is 10.7. The van der Waals surface area contributed by atoms with Crippen LogP contribution in [0.3, 0.4) is 0 Å². The molecule has 0 saturated heterocycles. The van der Waals surface area contributed by atoms with Crippen LogP contribution >= 0.6 is 0 Å². The minimum atomic E-state index is 0.752. The molecule has 15 heavy (non-hydrogen) atoms. The molecule has 0 aromatic carbocycles. The van der Waals surface area contributed by atoms with E-state index in [1.807, 2.05) is 4.68 Å². The average Bonchev–Trinajstić information content (AvgIpc) is 2.64. The fraction of sp³-hybridized carbons (Fsp3) is 0.455. The number of hydrogen-bond donors (Lipinski definition) is 1. The van der Waals surface area contributed by atoms with Gasteiger partial charge in [-0.2, -0.15) is 5.10 Å². The predicted molar refractivity (Wildman–Crippen MR) is 61.5 cm³/mol. The Labute approximate surface area is 89.1 Å². The van der Waals surface area contributed by atoms with E-state index in [2.05, 4.69) is 17.0 Å². The summed E-state index contributed by atoms with van der Waals surface area (Å²) in [4.78, 5) is 4.30. The van der Waals surface area contributed by atoms with Crippen molar-refractivity contribution in [3.05, 3.63) is 18.5 Å². The summed E-state index contributed by atoms with van der Waals surface area (Å²) < 4.78 is 1.93. The Bertz CT molecular complexity index is 447. The fourth-order valence-electron chi connectivity index (χ4n) is 1.67. The standard InChI is InChI=1S/C11H16N4/c1-2-3-4-7-15-11-9(8-14-15)10(12)5-6-13-11/h5-6,8H,2-4,7H2,1H3,(H2,12,13). The number of fused-ring (bicyclic) bond motifs is 1. The molecule has 0 fully saturated rings. The van der Waals surface area contributed by atoms with E-state index in [0.29, 0.717) is 0 Å². The zero-order valence-electron chi connectivity index (χ0n) is 8.98. The number of rotatable bonds is 4. The molecular weight excluding hydrogens is 188 g/mol. The summed E-state index contributed by atoms with van der Waals surface area (Å²) in [5.74, 6) is 0. The van der Waals surface area contributed by atoms with E-state index in [4.69, 9.17) is 5.73 Å². The van der Waals surface area contributed by atoms with Crippen molar-refractivity contribution in [2.75, 3.05) is 5.73 Å². The second-order valence-corrected chi connectivity index (χ2v) is 3.71. The number of unbranched alkanes of at least 4 members (excludes halogenated alkanes) is 2. The lowest BCUT2D eigenvalue weighted by atomic mass is 10.2. The molecule has 2 aromatic heterocycles. The van der Waals surface area contributed by atoms with Crippen LogP contribution in [0, 0.1) is 0 Å². The smallest absolute Gasteiger partial charge is 0.159 e. The van der Waals surface area contributed by atoms with Crippen LogP contribution in [-0.4, -0.2) is 14.8 Å². The quantitative estimate of drug-likeness (QED) is 0.777. The van der Waals surface area contributed by atoms with Crippen molar-refractivity contribution in [3.63, 3.8) is 0 Å². The van der Waals surface area contributed by atoms with Gasteiger partial charge in [0.25, 0.3) is 0 Å². The van der Waals surface area contributed by atoms with Gasteiger partial charge in [-0.1, -0.05) is 19.8 Å². The number of nitrogens with two attached hydrogens (primary N) is 1. The molecular formula is C11H16N4. The number of aromatic nitrogens is 3. The van der Waals surface area contributed by atoms with E-state index < -0.39 is 0 Å². The highest BCUT2D eigenvalue weighted by molar-refractivity contribution is 5.86. The van der Waals surface area contributed by atoms with Crippen molar-refractivity contribution in [1.82, 2.24) is 14.8 Å². The molecule has 2 rings (SSSR count). The highest BCUT2D eigenvalue weighted by Gasteiger charge is 2.05. The first-order chi connectivity index (χ1) is 7.33. The zero-order valence-corrected chi connectivity index (χ0v) is 8.98. The van der Waals surface area contributed by atoms with Gasteiger partial charge in [-0.15, -0.1) is 0 Å². The van der Waals surface area contributed by atoms with Crippen LogP contribution in [0.2, 0.25) is 0 Å². The predicted octanol–water partition coefficient (Wildman–Crippen LogP) is 2.20. The van der Waals surface area contributed by atoms with Gasteiger partial charge >= 0.3 is 0 Å². The Hall–Kier alpha value is -1.58. The Morgan fingerprint density at radius 3 is 3.07 bits per heavy atom. The van der Waals surface area contributed by atoms with Gasteiger partial charge in [0, 0.05) is 18.4 Å². The van der Waals surface area contributed by atoms with Crippen LogP contribution in [-0.2, 0) is 6.54 Å². The lowest BCUT2D eigenvalue weighted by molar-refractivity contribution is 0.564. The maximum absolute atomic E-state index is 5.83. The summed E-state index contributed by atoms with van der Waals surface area (Å²) >= 11 is 0. The SMILES string of the molecule is CCCCCn1ncc2c(N)ccnc21. The van der Waals surface area contributed by atoms with Gasteiger partial charge in [-0.25, -0.2) is 9.67 Å². The van der Waals surface area contributed by atoms with Crippen LogP contribution in [0.15, 0.2) is 18.5 Å². The third-order valence-corrected chi connectivity index (χ3v) is 2.55. The molecule has 4 nitrogen and oxygen atoms in total. The lowest BCUT2D eigenvalue weighted by Crippen LogP contribution is -2.01. The second-order valence-electron chi connectivity index (χ2n) is 3.71. The molecule has 2 N–H and O–H groups in total. The Morgan fingerprint density at radius 1 is 1.40 bits per heavy atom. The second kappa shape index (κ2) is 4.29. The van der Waals surface area contributed by atoms with E-state index in [-0.39, 0.29) is 0 Å². The summed E-state index contributed by atoms with van der Waals surface area (Å²) in [6.45, 7) is 3.12. The number of pyridine rings is 1. The number of hydrogen-bond acceptors (Lipinski definition) is 3. The van der Waals surface area contributed by atoms with Gasteiger partial charge in [0.2, 0.25) is 0 Å². The van der Waals surface area contributed by atoms with Gasteiger partial charge in [0.1, 0.15) is 0 Å². The van der Waals surface area contributed by atoms with Crippen molar-refractivity contribution >= 4 is 16.7 Å². The Morgan fingerprint density at radius 2 is 2.27 bits per heavy atom. The molecule has 0 aliphatic heterocycles. The molecule has 0 amide bonds. The van der Waals surface area contributed by atoms with Gasteiger partial charge in [0.05, 0.1) is 11.6 Å². The third kappa shape index (κ3) is 1.93. The van der Waals surface area contributed by atoms with Crippen LogP contribution in [0.4, 0.5) is 5.69 Å². The van der Waals surface area contributed by atoms with Crippen LogP contribution in [0.5, 0.6) is 0 Å². The van der Waals surface area contributed by atoms with Crippen molar-refractivity contribution < 1.29 is 0 Å². The summed E-state index contributed by atoms with van der Waals surface area (Å²) in [5, 5.41) is 5.25. The highest BCUT2D eigenvalue weighted by atomic mass is 15.3. The number of nitrogen functional groups attached to an aromatic ring is 1. The summed E-state index contributed by atoms with van der Waals surface area (Å²) in [6.07, 6.45) is 7.11. The van der Waals surface area contributed by atoms with Gasteiger partial charge in [-0.3, -0.25) is 0 Å².